The van der Waals surface area contributed by atoms with Gasteiger partial charge in [-0.05, 0) is 25.8 Å². The third kappa shape index (κ3) is 2.80. The summed E-state index contributed by atoms with van der Waals surface area (Å²) < 4.78 is 0. The highest BCUT2D eigenvalue weighted by atomic mass is 14.8. The van der Waals surface area contributed by atoms with Crippen LogP contribution in [0.5, 0.6) is 0 Å². The number of amidine groups is 1. The van der Waals surface area contributed by atoms with Crippen molar-refractivity contribution in [2.75, 3.05) is 0 Å². The smallest absolute Gasteiger partial charge is 0.117 e. The van der Waals surface area contributed by atoms with Crippen LogP contribution in [0, 0.1) is 12.3 Å². The maximum Gasteiger partial charge on any atom is 0.117 e. The average molecular weight is 188 g/mol. The first-order valence-electron chi connectivity index (χ1n) is 4.83. The quantitative estimate of drug-likeness (QED) is 0.546. The zero-order chi connectivity index (χ0) is 10.6. The zero-order valence-corrected chi connectivity index (χ0v) is 8.96. The molecule has 0 unspecified atom stereocenters. The number of nitrogens with one attached hydrogen (secondary N) is 1. The maximum absolute atomic E-state index is 7.33. The molecule has 0 saturated carbocycles. The van der Waals surface area contributed by atoms with Gasteiger partial charge in [-0.25, -0.2) is 4.99 Å². The fraction of sp³-hybridized carbons (Fsp3) is 0.333. The van der Waals surface area contributed by atoms with Gasteiger partial charge >= 0.3 is 0 Å². The van der Waals surface area contributed by atoms with Gasteiger partial charge in [-0.1, -0.05) is 36.8 Å². The number of rotatable bonds is 2. The lowest BCUT2D eigenvalue weighted by atomic mass is 10.1. The van der Waals surface area contributed by atoms with Crippen molar-refractivity contribution in [3.63, 3.8) is 0 Å². The van der Waals surface area contributed by atoms with Crippen LogP contribution < -0.4 is 0 Å². The van der Waals surface area contributed by atoms with E-state index in [1.807, 2.05) is 0 Å². The molecule has 0 fully saturated rings. The Labute approximate surface area is 85.2 Å². The normalized spacial score (nSPS) is 11.5. The molecule has 1 aromatic rings. The van der Waals surface area contributed by atoms with E-state index in [9.17, 15) is 0 Å². The summed E-state index contributed by atoms with van der Waals surface area (Å²) in [4.78, 5) is 4.20. The largest absolute Gasteiger partial charge is 0.287 e. The van der Waals surface area contributed by atoms with Gasteiger partial charge in [0.05, 0.1) is 0 Å². The molecule has 0 atom stereocenters. The summed E-state index contributed by atoms with van der Waals surface area (Å²) in [7, 11) is 0. The van der Waals surface area contributed by atoms with Gasteiger partial charge < -0.3 is 0 Å². The van der Waals surface area contributed by atoms with Crippen LogP contribution >= 0.6 is 0 Å². The van der Waals surface area contributed by atoms with Crippen LogP contribution in [0.2, 0.25) is 0 Å². The van der Waals surface area contributed by atoms with Crippen molar-refractivity contribution in [3.8, 4) is 0 Å². The van der Waals surface area contributed by atoms with Gasteiger partial charge in [0, 0.05) is 5.71 Å². The van der Waals surface area contributed by atoms with E-state index in [0.717, 1.165) is 17.7 Å². The second-order valence-corrected chi connectivity index (χ2v) is 3.36. The first-order valence-corrected chi connectivity index (χ1v) is 4.83. The Bertz CT molecular complexity index is 347. The fourth-order valence-corrected chi connectivity index (χ4v) is 1.30. The van der Waals surface area contributed by atoms with Gasteiger partial charge in [-0.2, -0.15) is 0 Å². The van der Waals surface area contributed by atoms with E-state index >= 15 is 0 Å². The number of hydrogen-bond donors (Lipinski definition) is 1. The lowest BCUT2D eigenvalue weighted by molar-refractivity contribution is 1.26. The van der Waals surface area contributed by atoms with Gasteiger partial charge in [0.1, 0.15) is 5.84 Å². The summed E-state index contributed by atoms with van der Waals surface area (Å²) >= 11 is 0. The zero-order valence-electron chi connectivity index (χ0n) is 8.96. The monoisotopic (exact) mass is 188 g/mol. The molecule has 1 aromatic carbocycles. The Kier molecular flexibility index (Phi) is 3.57. The van der Waals surface area contributed by atoms with Crippen LogP contribution in [0.4, 0.5) is 0 Å². The molecule has 74 valence electrons. The van der Waals surface area contributed by atoms with Gasteiger partial charge in [0.2, 0.25) is 0 Å². The molecule has 0 aliphatic heterocycles. The highest BCUT2D eigenvalue weighted by molar-refractivity contribution is 6.06. The highest BCUT2D eigenvalue weighted by Gasteiger charge is 2.00. The number of nitrogens with zero attached hydrogens (tertiary/aromatic N) is 1. The van der Waals surface area contributed by atoms with Gasteiger partial charge in [-0.15, -0.1) is 0 Å². The number of aliphatic imine (C=N–C) groups is 1. The van der Waals surface area contributed by atoms with E-state index in [4.69, 9.17) is 5.41 Å². The van der Waals surface area contributed by atoms with Crippen LogP contribution in [-0.2, 0) is 0 Å². The van der Waals surface area contributed by atoms with Crippen molar-refractivity contribution in [2.45, 2.75) is 27.2 Å². The minimum Gasteiger partial charge on any atom is -0.287 e. The maximum atomic E-state index is 7.33. The number of hydrogen-bond acceptors (Lipinski definition) is 1. The Morgan fingerprint density at radius 3 is 2.29 bits per heavy atom. The molecule has 0 bridgehead atoms. The van der Waals surface area contributed by atoms with Crippen LogP contribution in [0.25, 0.3) is 0 Å². The number of benzene rings is 1. The Hall–Kier alpha value is -1.44. The summed E-state index contributed by atoms with van der Waals surface area (Å²) in [6.45, 7) is 5.82. The molecule has 0 radical (unpaired) electrons. The summed E-state index contributed by atoms with van der Waals surface area (Å²) in [5.41, 5.74) is 3.35. The first kappa shape index (κ1) is 10.6. The molecule has 0 aromatic heterocycles. The van der Waals surface area contributed by atoms with E-state index in [2.05, 4.69) is 43.1 Å². The Morgan fingerprint density at radius 2 is 1.86 bits per heavy atom. The minimum absolute atomic E-state index is 0.363. The van der Waals surface area contributed by atoms with Gasteiger partial charge in [0.25, 0.3) is 0 Å². The molecule has 0 aliphatic carbocycles. The topological polar surface area (TPSA) is 36.2 Å². The molecule has 1 N–H and O–H groups in total. The van der Waals surface area contributed by atoms with E-state index < -0.39 is 0 Å². The van der Waals surface area contributed by atoms with E-state index in [1.165, 1.54) is 5.56 Å². The molecule has 0 saturated heterocycles. The Morgan fingerprint density at radius 1 is 1.29 bits per heavy atom. The standard InChI is InChI=1S/C12H16N2/c1-4-12(14-10(3)13)11-7-5-9(2)6-8-11/h5-8,13H,4H2,1-3H3/b13-10?,14-12+. The SMILES string of the molecule is CC/C(=N\C(C)=N)c1ccc(C)cc1. The molecule has 0 amide bonds. The van der Waals surface area contributed by atoms with Crippen molar-refractivity contribution >= 4 is 11.5 Å². The van der Waals surface area contributed by atoms with Crippen LogP contribution in [-0.4, -0.2) is 11.5 Å². The average Bonchev–Trinajstić information content (AvgIpc) is 2.15. The van der Waals surface area contributed by atoms with Crippen molar-refractivity contribution in [1.82, 2.24) is 0 Å². The lowest BCUT2D eigenvalue weighted by Crippen LogP contribution is -2.01. The number of aryl methyl sites for hydroxylation is 1. The van der Waals surface area contributed by atoms with Crippen molar-refractivity contribution < 1.29 is 0 Å². The summed E-state index contributed by atoms with van der Waals surface area (Å²) in [5.74, 6) is 0.363. The third-order valence-electron chi connectivity index (χ3n) is 2.02. The van der Waals surface area contributed by atoms with Crippen LogP contribution in [0.15, 0.2) is 29.3 Å². The summed E-state index contributed by atoms with van der Waals surface area (Å²) in [6, 6.07) is 8.25. The minimum atomic E-state index is 0.363. The Balaban J connectivity index is 3.01. The first-order chi connectivity index (χ1) is 6.63. The van der Waals surface area contributed by atoms with Gasteiger partial charge in [0.15, 0.2) is 0 Å². The van der Waals surface area contributed by atoms with Crippen molar-refractivity contribution in [2.24, 2.45) is 4.99 Å². The van der Waals surface area contributed by atoms with Gasteiger partial charge in [-0.3, -0.25) is 5.41 Å². The molecule has 2 heteroatoms. The molecular formula is C12H16N2. The molecule has 0 aliphatic rings. The lowest BCUT2D eigenvalue weighted by Gasteiger charge is -2.03. The summed E-state index contributed by atoms with van der Waals surface area (Å²) in [6.07, 6.45) is 0.860. The molecular weight excluding hydrogens is 172 g/mol. The summed E-state index contributed by atoms with van der Waals surface area (Å²) in [5, 5.41) is 7.33. The fourth-order valence-electron chi connectivity index (χ4n) is 1.30. The van der Waals surface area contributed by atoms with Crippen LogP contribution in [0.3, 0.4) is 0 Å². The van der Waals surface area contributed by atoms with E-state index in [0.29, 0.717) is 5.84 Å². The van der Waals surface area contributed by atoms with E-state index in [1.54, 1.807) is 6.92 Å². The molecule has 1 rings (SSSR count). The van der Waals surface area contributed by atoms with E-state index in [-0.39, 0.29) is 0 Å². The predicted octanol–water partition coefficient (Wildman–Crippen LogP) is 3.19. The second-order valence-electron chi connectivity index (χ2n) is 3.36. The molecule has 2 nitrogen and oxygen atoms in total. The molecule has 14 heavy (non-hydrogen) atoms. The second kappa shape index (κ2) is 4.70. The van der Waals surface area contributed by atoms with Crippen molar-refractivity contribution in [1.29, 1.82) is 5.41 Å². The van der Waals surface area contributed by atoms with Crippen molar-refractivity contribution in [3.05, 3.63) is 35.4 Å². The molecule has 0 heterocycles. The van der Waals surface area contributed by atoms with Crippen LogP contribution in [0.1, 0.15) is 31.4 Å². The third-order valence-corrected chi connectivity index (χ3v) is 2.02. The molecule has 0 spiro atoms. The predicted molar refractivity (Wildman–Crippen MR) is 61.4 cm³/mol. The highest BCUT2D eigenvalue weighted by Crippen LogP contribution is 2.07.